The van der Waals surface area contributed by atoms with Crippen LogP contribution in [-0.2, 0) is 4.79 Å². The summed E-state index contributed by atoms with van der Waals surface area (Å²) in [6.45, 7) is 0.300. The van der Waals surface area contributed by atoms with Crippen LogP contribution in [0.4, 0.5) is 18.9 Å². The van der Waals surface area contributed by atoms with Gasteiger partial charge in [-0.1, -0.05) is 6.07 Å². The number of ether oxygens (including phenoxy) is 1. The van der Waals surface area contributed by atoms with Crippen molar-refractivity contribution in [2.24, 2.45) is 4.99 Å². The lowest BCUT2D eigenvalue weighted by atomic mass is 10.2. The van der Waals surface area contributed by atoms with Crippen molar-refractivity contribution in [3.63, 3.8) is 0 Å². The van der Waals surface area contributed by atoms with Crippen LogP contribution in [-0.4, -0.2) is 18.9 Å². The molecule has 0 saturated heterocycles. The molecule has 0 bridgehead atoms. The van der Waals surface area contributed by atoms with Gasteiger partial charge in [-0.15, -0.1) is 0 Å². The number of benzene rings is 1. The second-order valence-corrected chi connectivity index (χ2v) is 3.08. The molecule has 1 aromatic rings. The number of hydrogen-bond donors (Lipinski definition) is 0. The molecule has 0 aliphatic rings. The van der Waals surface area contributed by atoms with Gasteiger partial charge in [-0.2, -0.15) is 18.2 Å². The third-order valence-corrected chi connectivity index (χ3v) is 1.67. The normalized spacial score (nSPS) is 10.8. The van der Waals surface area contributed by atoms with Gasteiger partial charge < -0.3 is 4.74 Å². The predicted octanol–water partition coefficient (Wildman–Crippen LogP) is 2.90. The molecule has 0 amide bonds. The monoisotopic (exact) mass is 231 g/mol. The molecule has 0 atom stereocenters. The molecule has 1 aromatic carbocycles. The second-order valence-electron chi connectivity index (χ2n) is 3.08. The highest BCUT2D eigenvalue weighted by molar-refractivity contribution is 5.58. The lowest BCUT2D eigenvalue weighted by Gasteiger charge is -2.10. The third-order valence-electron chi connectivity index (χ3n) is 1.67. The number of isocyanates is 1. The first-order chi connectivity index (χ1) is 7.42. The SMILES string of the molecule is Cc1ccc(OCC(F)(F)F)c(N=C=O)c1. The first kappa shape index (κ1) is 12.3. The van der Waals surface area contributed by atoms with Gasteiger partial charge in [0, 0.05) is 0 Å². The van der Waals surface area contributed by atoms with Crippen LogP contribution in [0.1, 0.15) is 5.56 Å². The molecule has 0 unspecified atom stereocenters. The Labute approximate surface area is 89.6 Å². The van der Waals surface area contributed by atoms with Gasteiger partial charge in [-0.3, -0.25) is 0 Å². The minimum atomic E-state index is -4.42. The molecular formula is C10H8F3NO2. The van der Waals surface area contributed by atoms with E-state index < -0.39 is 12.8 Å². The lowest BCUT2D eigenvalue weighted by Crippen LogP contribution is -2.19. The summed E-state index contributed by atoms with van der Waals surface area (Å²) in [5.74, 6) is -0.0914. The quantitative estimate of drug-likeness (QED) is 0.592. The number of halogens is 3. The van der Waals surface area contributed by atoms with Crippen LogP contribution in [0.25, 0.3) is 0 Å². The summed E-state index contributed by atoms with van der Waals surface area (Å²) in [6.07, 6.45) is -3.16. The standard InChI is InChI=1S/C10H8F3NO2/c1-7-2-3-9(8(4-7)14-6-15)16-5-10(11,12)13/h2-4H,5H2,1H3. The summed E-state index contributed by atoms with van der Waals surface area (Å²) in [4.78, 5) is 13.3. The van der Waals surface area contributed by atoms with Crippen molar-refractivity contribution in [1.82, 2.24) is 0 Å². The van der Waals surface area contributed by atoms with Crippen LogP contribution >= 0.6 is 0 Å². The number of nitrogens with zero attached hydrogens (tertiary/aromatic N) is 1. The molecule has 0 aliphatic carbocycles. The van der Waals surface area contributed by atoms with Crippen LogP contribution in [0, 0.1) is 6.92 Å². The molecule has 6 heteroatoms. The van der Waals surface area contributed by atoms with E-state index in [0.29, 0.717) is 0 Å². The van der Waals surface area contributed by atoms with Gasteiger partial charge in [0.2, 0.25) is 6.08 Å². The van der Waals surface area contributed by atoms with Crippen molar-refractivity contribution in [3.8, 4) is 5.75 Å². The van der Waals surface area contributed by atoms with E-state index in [1.807, 2.05) is 0 Å². The zero-order valence-corrected chi connectivity index (χ0v) is 8.34. The van der Waals surface area contributed by atoms with Crippen LogP contribution in [0.15, 0.2) is 23.2 Å². The van der Waals surface area contributed by atoms with E-state index in [0.717, 1.165) is 5.56 Å². The van der Waals surface area contributed by atoms with Gasteiger partial charge in [-0.25, -0.2) is 4.79 Å². The first-order valence-electron chi connectivity index (χ1n) is 4.30. The van der Waals surface area contributed by atoms with Gasteiger partial charge in [0.05, 0.1) is 0 Å². The van der Waals surface area contributed by atoms with E-state index in [1.165, 1.54) is 18.2 Å². The predicted molar refractivity (Wildman–Crippen MR) is 50.5 cm³/mol. The molecule has 3 nitrogen and oxygen atoms in total. The minimum absolute atomic E-state index is 0.0410. The Morgan fingerprint density at radius 2 is 2.12 bits per heavy atom. The van der Waals surface area contributed by atoms with Gasteiger partial charge >= 0.3 is 6.18 Å². The van der Waals surface area contributed by atoms with E-state index in [4.69, 9.17) is 0 Å². The highest BCUT2D eigenvalue weighted by Gasteiger charge is 2.28. The van der Waals surface area contributed by atoms with Crippen LogP contribution < -0.4 is 4.74 Å². The molecule has 0 fully saturated rings. The van der Waals surface area contributed by atoms with Crippen LogP contribution in [0.5, 0.6) is 5.75 Å². The highest BCUT2D eigenvalue weighted by Crippen LogP contribution is 2.29. The zero-order valence-electron chi connectivity index (χ0n) is 8.34. The maximum atomic E-state index is 11.9. The molecule has 0 aliphatic heterocycles. The number of alkyl halides is 3. The van der Waals surface area contributed by atoms with Crippen molar-refractivity contribution in [3.05, 3.63) is 23.8 Å². The minimum Gasteiger partial charge on any atom is -0.482 e. The van der Waals surface area contributed by atoms with Crippen molar-refractivity contribution in [1.29, 1.82) is 0 Å². The smallest absolute Gasteiger partial charge is 0.422 e. The lowest BCUT2D eigenvalue weighted by molar-refractivity contribution is -0.153. The number of rotatable bonds is 3. The van der Waals surface area contributed by atoms with E-state index in [2.05, 4.69) is 9.73 Å². The van der Waals surface area contributed by atoms with Crippen molar-refractivity contribution >= 4 is 11.8 Å². The van der Waals surface area contributed by atoms with Gasteiger partial charge in [0.25, 0.3) is 0 Å². The first-order valence-corrected chi connectivity index (χ1v) is 4.30. The van der Waals surface area contributed by atoms with Gasteiger partial charge in [0.15, 0.2) is 6.61 Å². The molecule has 0 saturated carbocycles. The Morgan fingerprint density at radius 3 is 2.69 bits per heavy atom. The number of carbonyl (C=O) groups excluding carboxylic acids is 1. The Hall–Kier alpha value is -1.81. The molecule has 1 rings (SSSR count). The molecule has 0 spiro atoms. The molecule has 0 aromatic heterocycles. The van der Waals surface area contributed by atoms with Crippen LogP contribution in [0.2, 0.25) is 0 Å². The summed E-state index contributed by atoms with van der Waals surface area (Å²) >= 11 is 0. The van der Waals surface area contributed by atoms with Crippen molar-refractivity contribution in [2.45, 2.75) is 13.1 Å². The second kappa shape index (κ2) is 4.81. The Bertz CT molecular complexity index is 423. The van der Waals surface area contributed by atoms with E-state index in [1.54, 1.807) is 13.0 Å². The fraction of sp³-hybridized carbons (Fsp3) is 0.300. The van der Waals surface area contributed by atoms with Crippen molar-refractivity contribution in [2.75, 3.05) is 6.61 Å². The number of hydrogen-bond acceptors (Lipinski definition) is 3. The van der Waals surface area contributed by atoms with Crippen molar-refractivity contribution < 1.29 is 22.7 Å². The summed E-state index contributed by atoms with van der Waals surface area (Å²) in [7, 11) is 0. The summed E-state index contributed by atoms with van der Waals surface area (Å²) in [6, 6.07) is 4.34. The molecule has 0 radical (unpaired) electrons. The van der Waals surface area contributed by atoms with E-state index in [-0.39, 0.29) is 11.4 Å². The fourth-order valence-electron chi connectivity index (χ4n) is 1.05. The highest BCUT2D eigenvalue weighted by atomic mass is 19.4. The largest absolute Gasteiger partial charge is 0.482 e. The Morgan fingerprint density at radius 1 is 1.44 bits per heavy atom. The van der Waals surface area contributed by atoms with E-state index in [9.17, 15) is 18.0 Å². The number of aliphatic imine (C=N–C) groups is 1. The van der Waals surface area contributed by atoms with Gasteiger partial charge in [-0.05, 0) is 24.6 Å². The molecular weight excluding hydrogens is 223 g/mol. The zero-order chi connectivity index (χ0) is 12.2. The van der Waals surface area contributed by atoms with Crippen LogP contribution in [0.3, 0.4) is 0 Å². The number of aryl methyl sites for hydroxylation is 1. The molecule has 16 heavy (non-hydrogen) atoms. The van der Waals surface area contributed by atoms with Gasteiger partial charge in [0.1, 0.15) is 11.4 Å². The average Bonchev–Trinajstić information content (AvgIpc) is 2.15. The topological polar surface area (TPSA) is 38.7 Å². The Balaban J connectivity index is 2.91. The Kier molecular flexibility index (Phi) is 3.68. The maximum absolute atomic E-state index is 11.9. The molecule has 86 valence electrons. The molecule has 0 heterocycles. The van der Waals surface area contributed by atoms with E-state index >= 15 is 0 Å². The molecule has 0 N–H and O–H groups in total. The maximum Gasteiger partial charge on any atom is 0.422 e. The fourth-order valence-corrected chi connectivity index (χ4v) is 1.05. The third kappa shape index (κ3) is 3.74. The summed E-state index contributed by atoms with van der Waals surface area (Å²) < 4.78 is 40.2. The summed E-state index contributed by atoms with van der Waals surface area (Å²) in [5, 5.41) is 0. The average molecular weight is 231 g/mol. The summed E-state index contributed by atoms with van der Waals surface area (Å²) in [5.41, 5.74) is 0.799.